The number of pyridine rings is 1. The number of ether oxygens (including phenoxy) is 1. The van der Waals surface area contributed by atoms with Crippen molar-refractivity contribution < 1.29 is 13.5 Å². The number of H-pyrrole nitrogens is 1. The van der Waals surface area contributed by atoms with Crippen LogP contribution in [0.4, 0.5) is 8.78 Å². The zero-order chi connectivity index (χ0) is 10.7. The first-order valence-corrected chi connectivity index (χ1v) is 4.86. The summed E-state index contributed by atoms with van der Waals surface area (Å²) in [5.74, 6) is 0.175. The summed E-state index contributed by atoms with van der Waals surface area (Å²) < 4.78 is 29.6. The largest absolute Gasteiger partial charge is 0.482 e. The van der Waals surface area contributed by atoms with Crippen LogP contribution in [0.3, 0.4) is 0 Å². The predicted octanol–water partition coefficient (Wildman–Crippen LogP) is 2.22. The van der Waals surface area contributed by atoms with Gasteiger partial charge in [0.15, 0.2) is 5.88 Å². The molecule has 0 unspecified atom stereocenters. The quantitative estimate of drug-likeness (QED) is 0.854. The molecule has 1 heterocycles. The Bertz CT molecular complexity index is 378. The maximum Gasteiger partial charge on any atom is 0.269 e. The highest BCUT2D eigenvalue weighted by molar-refractivity contribution is 9.08. The fraction of sp³-hybridized carbons (Fsp3) is 0.375. The molecule has 1 aromatic heterocycles. The molecule has 0 atom stereocenters. The van der Waals surface area contributed by atoms with Gasteiger partial charge in [0.05, 0.1) is 12.7 Å². The van der Waals surface area contributed by atoms with Crippen LogP contribution in [-0.2, 0) is 5.33 Å². The fourth-order valence-corrected chi connectivity index (χ4v) is 1.52. The minimum atomic E-state index is -2.78. The minimum absolute atomic E-state index is 0.175. The first-order chi connectivity index (χ1) is 6.60. The molecule has 0 spiro atoms. The van der Waals surface area contributed by atoms with E-state index in [0.717, 1.165) is 0 Å². The van der Waals surface area contributed by atoms with E-state index in [-0.39, 0.29) is 16.8 Å². The molecule has 0 amide bonds. The highest BCUT2D eigenvalue weighted by atomic mass is 79.9. The van der Waals surface area contributed by atoms with Crippen molar-refractivity contribution in [3.05, 3.63) is 27.5 Å². The molecule has 3 nitrogen and oxygen atoms in total. The normalized spacial score (nSPS) is 10.6. The number of nitrogens with one attached hydrogen (secondary N) is 1. The molecule has 0 bridgehead atoms. The average Bonchev–Trinajstić information content (AvgIpc) is 2.15. The molecular formula is C8H8BrF2NO2. The van der Waals surface area contributed by atoms with Crippen LogP contribution in [0.1, 0.15) is 17.6 Å². The maximum absolute atomic E-state index is 12.4. The molecule has 0 aliphatic carbocycles. The summed E-state index contributed by atoms with van der Waals surface area (Å²) >= 11 is 3.03. The van der Waals surface area contributed by atoms with Crippen molar-refractivity contribution in [3.8, 4) is 5.88 Å². The average molecular weight is 268 g/mol. The Morgan fingerprint density at radius 3 is 2.71 bits per heavy atom. The van der Waals surface area contributed by atoms with Crippen molar-refractivity contribution >= 4 is 15.9 Å². The van der Waals surface area contributed by atoms with Crippen molar-refractivity contribution in [1.29, 1.82) is 0 Å². The lowest BCUT2D eigenvalue weighted by Crippen LogP contribution is -2.16. The molecule has 0 saturated heterocycles. The van der Waals surface area contributed by atoms with Gasteiger partial charge >= 0.3 is 0 Å². The molecule has 6 heteroatoms. The Morgan fingerprint density at radius 2 is 2.29 bits per heavy atom. The summed E-state index contributed by atoms with van der Waals surface area (Å²) in [6.07, 6.45) is -2.78. The Labute approximate surface area is 87.2 Å². The van der Waals surface area contributed by atoms with Crippen molar-refractivity contribution in [1.82, 2.24) is 4.98 Å². The lowest BCUT2D eigenvalue weighted by molar-refractivity contribution is 0.148. The van der Waals surface area contributed by atoms with Crippen LogP contribution in [0.2, 0.25) is 0 Å². The van der Waals surface area contributed by atoms with Crippen LogP contribution >= 0.6 is 15.9 Å². The summed E-state index contributed by atoms with van der Waals surface area (Å²) in [6, 6.07) is 1.37. The van der Waals surface area contributed by atoms with Crippen LogP contribution in [0.15, 0.2) is 10.9 Å². The topological polar surface area (TPSA) is 42.1 Å². The third-order valence-electron chi connectivity index (χ3n) is 1.71. The highest BCUT2D eigenvalue weighted by Crippen LogP contribution is 2.23. The second-order valence-corrected chi connectivity index (χ2v) is 3.10. The van der Waals surface area contributed by atoms with Gasteiger partial charge in [-0.1, -0.05) is 15.9 Å². The molecule has 0 aromatic carbocycles. The summed E-state index contributed by atoms with van der Waals surface area (Å²) in [7, 11) is 1.35. The SMILES string of the molecule is COc1cc(CBr)c(C(F)F)c(=O)[nH]1. The molecule has 0 saturated carbocycles. The van der Waals surface area contributed by atoms with Crippen molar-refractivity contribution in [3.63, 3.8) is 0 Å². The van der Waals surface area contributed by atoms with E-state index in [1.165, 1.54) is 13.2 Å². The van der Waals surface area contributed by atoms with Crippen molar-refractivity contribution in [2.45, 2.75) is 11.8 Å². The monoisotopic (exact) mass is 267 g/mol. The van der Waals surface area contributed by atoms with E-state index >= 15 is 0 Å². The van der Waals surface area contributed by atoms with Gasteiger partial charge in [0.25, 0.3) is 12.0 Å². The van der Waals surface area contributed by atoms with Crippen LogP contribution in [0.25, 0.3) is 0 Å². The fourth-order valence-electron chi connectivity index (χ4n) is 1.06. The number of aromatic nitrogens is 1. The van der Waals surface area contributed by atoms with Gasteiger partial charge in [-0.15, -0.1) is 0 Å². The van der Waals surface area contributed by atoms with Gasteiger partial charge in [-0.3, -0.25) is 9.78 Å². The van der Waals surface area contributed by atoms with E-state index in [2.05, 4.69) is 20.9 Å². The minimum Gasteiger partial charge on any atom is -0.482 e. The first-order valence-electron chi connectivity index (χ1n) is 3.74. The lowest BCUT2D eigenvalue weighted by Gasteiger charge is -2.07. The van der Waals surface area contributed by atoms with Gasteiger partial charge in [0.1, 0.15) is 0 Å². The summed E-state index contributed by atoms with van der Waals surface area (Å²) in [5, 5.41) is 0.187. The van der Waals surface area contributed by atoms with Crippen molar-refractivity contribution in [2.75, 3.05) is 7.11 Å². The number of hydrogen-bond donors (Lipinski definition) is 1. The molecule has 0 aliphatic heterocycles. The molecule has 1 N–H and O–H groups in total. The summed E-state index contributed by atoms with van der Waals surface area (Å²) in [4.78, 5) is 13.4. The second kappa shape index (κ2) is 4.54. The van der Waals surface area contributed by atoms with E-state index < -0.39 is 17.5 Å². The van der Waals surface area contributed by atoms with Gasteiger partial charge in [-0.2, -0.15) is 0 Å². The maximum atomic E-state index is 12.4. The first kappa shape index (κ1) is 11.2. The standard InChI is InChI=1S/C8H8BrF2NO2/c1-14-5-2-4(3-9)6(7(10)11)8(13)12-5/h2,7H,3H2,1H3,(H,12,13). The zero-order valence-electron chi connectivity index (χ0n) is 7.31. The van der Waals surface area contributed by atoms with Gasteiger partial charge in [0, 0.05) is 11.4 Å². The van der Waals surface area contributed by atoms with E-state index in [1.807, 2.05) is 0 Å². The van der Waals surface area contributed by atoms with Crippen LogP contribution in [-0.4, -0.2) is 12.1 Å². The molecule has 78 valence electrons. The highest BCUT2D eigenvalue weighted by Gasteiger charge is 2.18. The molecule has 14 heavy (non-hydrogen) atoms. The summed E-state index contributed by atoms with van der Waals surface area (Å²) in [5.41, 5.74) is -1.09. The molecular weight excluding hydrogens is 260 g/mol. The Balaban J connectivity index is 3.35. The van der Waals surface area contributed by atoms with Gasteiger partial charge < -0.3 is 4.74 Å². The van der Waals surface area contributed by atoms with E-state index in [1.54, 1.807) is 0 Å². The van der Waals surface area contributed by atoms with Crippen LogP contribution in [0.5, 0.6) is 5.88 Å². The third kappa shape index (κ3) is 2.12. The lowest BCUT2D eigenvalue weighted by atomic mass is 10.1. The number of hydrogen-bond acceptors (Lipinski definition) is 2. The number of alkyl halides is 3. The van der Waals surface area contributed by atoms with Crippen LogP contribution in [0, 0.1) is 0 Å². The number of aromatic amines is 1. The van der Waals surface area contributed by atoms with E-state index in [0.29, 0.717) is 0 Å². The number of halogens is 3. The van der Waals surface area contributed by atoms with E-state index in [9.17, 15) is 13.6 Å². The van der Waals surface area contributed by atoms with Gasteiger partial charge in [0.2, 0.25) is 0 Å². The smallest absolute Gasteiger partial charge is 0.269 e. The predicted molar refractivity (Wildman–Crippen MR) is 51.2 cm³/mol. The molecule has 0 fully saturated rings. The Morgan fingerprint density at radius 1 is 1.64 bits per heavy atom. The molecule has 1 aromatic rings. The Hall–Kier alpha value is -0.910. The number of methoxy groups -OCH3 is 1. The van der Waals surface area contributed by atoms with E-state index in [4.69, 9.17) is 4.74 Å². The summed E-state index contributed by atoms with van der Waals surface area (Å²) in [6.45, 7) is 0. The zero-order valence-corrected chi connectivity index (χ0v) is 8.90. The number of rotatable bonds is 3. The van der Waals surface area contributed by atoms with Crippen molar-refractivity contribution in [2.24, 2.45) is 0 Å². The third-order valence-corrected chi connectivity index (χ3v) is 2.32. The van der Waals surface area contributed by atoms with Gasteiger partial charge in [-0.05, 0) is 5.56 Å². The van der Waals surface area contributed by atoms with Gasteiger partial charge in [-0.25, -0.2) is 8.78 Å². The van der Waals surface area contributed by atoms with Crippen LogP contribution < -0.4 is 10.3 Å². The Kier molecular flexibility index (Phi) is 3.62. The molecule has 0 radical (unpaired) electrons. The molecule has 0 aliphatic rings. The second-order valence-electron chi connectivity index (χ2n) is 2.54. The molecule has 1 rings (SSSR count).